The van der Waals surface area contributed by atoms with Gasteiger partial charge in [0.2, 0.25) is 5.91 Å². The van der Waals surface area contributed by atoms with Crippen LogP contribution >= 0.6 is 11.8 Å². The fourth-order valence-corrected chi connectivity index (χ4v) is 4.26. The summed E-state index contributed by atoms with van der Waals surface area (Å²) < 4.78 is 0. The second kappa shape index (κ2) is 9.25. The molecule has 0 spiro atoms. The number of likely N-dealkylation sites (N-methyl/N-ethyl adjacent to an activating group) is 1. The molecule has 0 bridgehead atoms. The molecule has 1 heterocycles. The van der Waals surface area contributed by atoms with Crippen LogP contribution in [0.15, 0.2) is 23.1 Å². The lowest BCUT2D eigenvalue weighted by molar-refractivity contribution is -0.140. The van der Waals surface area contributed by atoms with Crippen molar-refractivity contribution in [2.24, 2.45) is 0 Å². The Labute approximate surface area is 154 Å². The molecule has 1 fully saturated rings. The molecule has 1 amide bonds. The number of carbonyl (C=O) groups is 2. The molecular formula is C19H28N2O3S. The Morgan fingerprint density at radius 3 is 2.52 bits per heavy atom. The Balaban J connectivity index is 1.81. The Morgan fingerprint density at radius 1 is 1.28 bits per heavy atom. The van der Waals surface area contributed by atoms with Gasteiger partial charge >= 0.3 is 5.97 Å². The molecule has 0 radical (unpaired) electrons. The Morgan fingerprint density at radius 2 is 1.96 bits per heavy atom. The number of rotatable bonds is 7. The highest BCUT2D eigenvalue weighted by Gasteiger charge is 2.27. The molecule has 1 aromatic carbocycles. The number of thioether (sulfide) groups is 1. The van der Waals surface area contributed by atoms with Crippen molar-refractivity contribution >= 4 is 23.6 Å². The lowest BCUT2D eigenvalue weighted by atomic mass is 10.0. The van der Waals surface area contributed by atoms with Crippen molar-refractivity contribution in [3.63, 3.8) is 0 Å². The molecule has 0 aliphatic carbocycles. The van der Waals surface area contributed by atoms with Crippen LogP contribution in [0.2, 0.25) is 0 Å². The number of nitrogens with zero attached hydrogens (tertiary/aromatic N) is 2. The number of benzene rings is 1. The number of carboxylic acids is 1. The zero-order valence-corrected chi connectivity index (χ0v) is 16.1. The van der Waals surface area contributed by atoms with E-state index in [0.29, 0.717) is 18.8 Å². The molecule has 6 heteroatoms. The van der Waals surface area contributed by atoms with Crippen LogP contribution in [-0.4, -0.2) is 64.8 Å². The van der Waals surface area contributed by atoms with E-state index in [2.05, 4.69) is 32.0 Å². The van der Waals surface area contributed by atoms with E-state index in [1.807, 2.05) is 16.7 Å². The SMILES string of the molecule is CCN(CC(=O)O)C1CCN(C(=O)CSc2ccc(C)cc2C)CC1. The number of carboxylic acid groups (broad SMARTS) is 1. The number of aliphatic carboxylic acids is 1. The summed E-state index contributed by atoms with van der Waals surface area (Å²) in [7, 11) is 0. The largest absolute Gasteiger partial charge is 0.480 e. The molecule has 0 aromatic heterocycles. The third kappa shape index (κ3) is 5.75. The average Bonchev–Trinajstić information content (AvgIpc) is 2.58. The molecule has 5 nitrogen and oxygen atoms in total. The molecular weight excluding hydrogens is 336 g/mol. The predicted octanol–water partition coefficient (Wildman–Crippen LogP) is 2.79. The first-order chi connectivity index (χ1) is 11.9. The minimum atomic E-state index is -0.787. The first-order valence-electron chi connectivity index (χ1n) is 8.84. The van der Waals surface area contributed by atoms with Crippen LogP contribution in [0, 0.1) is 13.8 Å². The highest BCUT2D eigenvalue weighted by Crippen LogP contribution is 2.24. The number of likely N-dealkylation sites (tertiary alicyclic amines) is 1. The fourth-order valence-electron chi connectivity index (χ4n) is 3.35. The maximum Gasteiger partial charge on any atom is 0.317 e. The summed E-state index contributed by atoms with van der Waals surface area (Å²) in [6, 6.07) is 6.56. The standard InChI is InChI=1S/C19H28N2O3S/c1-4-20(12-19(23)24)16-7-9-21(10-8-16)18(22)13-25-17-6-5-14(2)11-15(17)3/h5-6,11,16H,4,7-10,12-13H2,1-3H3,(H,23,24). The van der Waals surface area contributed by atoms with Crippen LogP contribution in [0.25, 0.3) is 0 Å². The van der Waals surface area contributed by atoms with Gasteiger partial charge in [-0.2, -0.15) is 0 Å². The highest BCUT2D eigenvalue weighted by molar-refractivity contribution is 8.00. The second-order valence-corrected chi connectivity index (χ2v) is 7.64. The van der Waals surface area contributed by atoms with E-state index in [0.717, 1.165) is 24.3 Å². The predicted molar refractivity (Wildman–Crippen MR) is 101 cm³/mol. The van der Waals surface area contributed by atoms with Crippen LogP contribution in [0.3, 0.4) is 0 Å². The molecule has 1 N–H and O–H groups in total. The van der Waals surface area contributed by atoms with Gasteiger partial charge in [0, 0.05) is 24.0 Å². The lowest BCUT2D eigenvalue weighted by Gasteiger charge is -2.37. The number of hydrogen-bond donors (Lipinski definition) is 1. The van der Waals surface area contributed by atoms with Crippen molar-refractivity contribution < 1.29 is 14.7 Å². The molecule has 1 saturated heterocycles. The Bertz CT molecular complexity index is 613. The number of hydrogen-bond acceptors (Lipinski definition) is 4. The summed E-state index contributed by atoms with van der Waals surface area (Å²) in [5.41, 5.74) is 2.45. The van der Waals surface area contributed by atoms with E-state index in [4.69, 9.17) is 5.11 Å². The number of aryl methyl sites for hydroxylation is 2. The molecule has 1 aliphatic rings. The van der Waals surface area contributed by atoms with Crippen LogP contribution < -0.4 is 0 Å². The average molecular weight is 365 g/mol. The van der Waals surface area contributed by atoms with Gasteiger partial charge in [-0.3, -0.25) is 14.5 Å². The van der Waals surface area contributed by atoms with Crippen molar-refractivity contribution in [1.29, 1.82) is 0 Å². The summed E-state index contributed by atoms with van der Waals surface area (Å²) in [6.45, 7) is 8.38. The lowest BCUT2D eigenvalue weighted by Crippen LogP contribution is -2.48. The van der Waals surface area contributed by atoms with E-state index in [-0.39, 0.29) is 18.5 Å². The number of piperidine rings is 1. The highest BCUT2D eigenvalue weighted by atomic mass is 32.2. The van der Waals surface area contributed by atoms with Crippen LogP contribution in [0.5, 0.6) is 0 Å². The topological polar surface area (TPSA) is 60.9 Å². The van der Waals surface area contributed by atoms with Crippen molar-refractivity contribution in [2.45, 2.75) is 44.6 Å². The van der Waals surface area contributed by atoms with Crippen molar-refractivity contribution in [2.75, 3.05) is 31.9 Å². The van der Waals surface area contributed by atoms with Gasteiger partial charge in [-0.25, -0.2) is 0 Å². The number of amides is 1. The van der Waals surface area contributed by atoms with Gasteiger partial charge in [0.15, 0.2) is 0 Å². The van der Waals surface area contributed by atoms with Gasteiger partial charge in [-0.15, -0.1) is 11.8 Å². The molecule has 0 unspecified atom stereocenters. The summed E-state index contributed by atoms with van der Waals surface area (Å²) in [4.78, 5) is 28.5. The minimum Gasteiger partial charge on any atom is -0.480 e. The van der Waals surface area contributed by atoms with E-state index in [1.165, 1.54) is 11.1 Å². The number of carbonyl (C=O) groups excluding carboxylic acids is 1. The molecule has 0 atom stereocenters. The normalized spacial score (nSPS) is 15.6. The fraction of sp³-hybridized carbons (Fsp3) is 0.579. The zero-order chi connectivity index (χ0) is 18.4. The molecule has 138 valence electrons. The van der Waals surface area contributed by atoms with Gasteiger partial charge in [-0.1, -0.05) is 24.6 Å². The summed E-state index contributed by atoms with van der Waals surface area (Å²) in [5, 5.41) is 8.99. The third-order valence-corrected chi connectivity index (χ3v) is 5.92. The third-order valence-electron chi connectivity index (χ3n) is 4.76. The van der Waals surface area contributed by atoms with Gasteiger partial charge in [0.05, 0.1) is 12.3 Å². The van der Waals surface area contributed by atoms with Crippen molar-refractivity contribution in [3.8, 4) is 0 Å². The first kappa shape index (κ1) is 19.8. The van der Waals surface area contributed by atoms with Gasteiger partial charge in [-0.05, 0) is 44.9 Å². The molecule has 1 aromatic rings. The zero-order valence-electron chi connectivity index (χ0n) is 15.3. The minimum absolute atomic E-state index is 0.0810. The van der Waals surface area contributed by atoms with Gasteiger partial charge < -0.3 is 10.0 Å². The Hall–Kier alpha value is -1.53. The van der Waals surface area contributed by atoms with E-state index in [1.54, 1.807) is 11.8 Å². The molecule has 25 heavy (non-hydrogen) atoms. The Kier molecular flexibility index (Phi) is 7.32. The molecule has 0 saturated carbocycles. The van der Waals surface area contributed by atoms with E-state index >= 15 is 0 Å². The maximum absolute atomic E-state index is 12.5. The van der Waals surface area contributed by atoms with Crippen molar-refractivity contribution in [1.82, 2.24) is 9.80 Å². The quantitative estimate of drug-likeness (QED) is 0.754. The summed E-state index contributed by atoms with van der Waals surface area (Å²) in [5.74, 6) is -0.156. The monoisotopic (exact) mass is 364 g/mol. The van der Waals surface area contributed by atoms with Crippen LogP contribution in [0.1, 0.15) is 30.9 Å². The first-order valence-corrected chi connectivity index (χ1v) is 9.83. The van der Waals surface area contributed by atoms with E-state index < -0.39 is 5.97 Å². The second-order valence-electron chi connectivity index (χ2n) is 6.63. The maximum atomic E-state index is 12.5. The summed E-state index contributed by atoms with van der Waals surface area (Å²) in [6.07, 6.45) is 1.70. The van der Waals surface area contributed by atoms with Crippen molar-refractivity contribution in [3.05, 3.63) is 29.3 Å². The molecule has 2 rings (SSSR count). The van der Waals surface area contributed by atoms with Crippen LogP contribution in [-0.2, 0) is 9.59 Å². The smallest absolute Gasteiger partial charge is 0.317 e. The van der Waals surface area contributed by atoms with Gasteiger partial charge in [0.25, 0.3) is 0 Å². The van der Waals surface area contributed by atoms with E-state index in [9.17, 15) is 9.59 Å². The van der Waals surface area contributed by atoms with Gasteiger partial charge in [0.1, 0.15) is 0 Å². The molecule has 1 aliphatic heterocycles. The summed E-state index contributed by atoms with van der Waals surface area (Å²) >= 11 is 1.60. The van der Waals surface area contributed by atoms with Crippen LogP contribution in [0.4, 0.5) is 0 Å².